The summed E-state index contributed by atoms with van der Waals surface area (Å²) < 4.78 is 33.5. The van der Waals surface area contributed by atoms with Gasteiger partial charge < -0.3 is 10.1 Å². The lowest BCUT2D eigenvalue weighted by Crippen LogP contribution is -2.28. The molecule has 0 fully saturated rings. The molecule has 0 saturated heterocycles. The lowest BCUT2D eigenvalue weighted by molar-refractivity contribution is 0.0947. The molecule has 0 aromatic heterocycles. The second kappa shape index (κ2) is 10.1. The van der Waals surface area contributed by atoms with Crippen LogP contribution >= 0.6 is 11.6 Å². The molecule has 1 amide bonds. The van der Waals surface area contributed by atoms with Crippen LogP contribution in [-0.4, -0.2) is 27.5 Å². The predicted octanol–water partition coefficient (Wildman–Crippen LogP) is 4.87. The summed E-state index contributed by atoms with van der Waals surface area (Å²) in [6.07, 6.45) is 0. The quantitative estimate of drug-likeness (QED) is 0.458. The van der Waals surface area contributed by atoms with Gasteiger partial charge in [-0.25, -0.2) is 8.42 Å². The highest BCUT2D eigenvalue weighted by Gasteiger charge is 2.17. The van der Waals surface area contributed by atoms with Crippen molar-refractivity contribution in [2.45, 2.75) is 25.7 Å². The maximum Gasteiger partial charge on any atom is 0.261 e. The SMILES string of the molecule is Cc1ccc(S(=O)(=O)Nc2ccc(Cl)c(C(=O)NCCOc3cccc(C)c3C)c2)cc1. The number of sulfonamides is 1. The van der Waals surface area contributed by atoms with E-state index in [1.165, 1.54) is 30.3 Å². The minimum atomic E-state index is -3.79. The monoisotopic (exact) mass is 472 g/mol. The molecule has 3 aromatic carbocycles. The molecule has 0 unspecified atom stereocenters. The predicted molar refractivity (Wildman–Crippen MR) is 127 cm³/mol. The number of carbonyl (C=O) groups excluding carboxylic acids is 1. The Morgan fingerprint density at radius 2 is 1.72 bits per heavy atom. The first-order valence-electron chi connectivity index (χ1n) is 10.0. The molecule has 0 aliphatic heterocycles. The average molecular weight is 473 g/mol. The van der Waals surface area contributed by atoms with Crippen molar-refractivity contribution in [2.24, 2.45) is 0 Å². The third kappa shape index (κ3) is 5.81. The van der Waals surface area contributed by atoms with Crippen molar-refractivity contribution in [3.05, 3.63) is 87.9 Å². The minimum Gasteiger partial charge on any atom is -0.491 e. The van der Waals surface area contributed by atoms with E-state index in [9.17, 15) is 13.2 Å². The Balaban J connectivity index is 1.64. The molecule has 3 rings (SSSR count). The summed E-state index contributed by atoms with van der Waals surface area (Å²) in [4.78, 5) is 12.7. The number of rotatable bonds is 8. The van der Waals surface area contributed by atoms with Gasteiger partial charge in [0, 0.05) is 5.69 Å². The summed E-state index contributed by atoms with van der Waals surface area (Å²) >= 11 is 6.17. The van der Waals surface area contributed by atoms with Crippen molar-refractivity contribution in [2.75, 3.05) is 17.9 Å². The van der Waals surface area contributed by atoms with E-state index in [1.807, 2.05) is 39.0 Å². The van der Waals surface area contributed by atoms with Crippen LogP contribution in [0, 0.1) is 20.8 Å². The molecule has 6 nitrogen and oxygen atoms in total. The van der Waals surface area contributed by atoms with Gasteiger partial charge in [-0.05, 0) is 68.3 Å². The number of benzene rings is 3. The van der Waals surface area contributed by atoms with Crippen LogP contribution in [0.2, 0.25) is 5.02 Å². The molecule has 0 bridgehead atoms. The zero-order valence-electron chi connectivity index (χ0n) is 18.1. The van der Waals surface area contributed by atoms with E-state index >= 15 is 0 Å². The second-order valence-corrected chi connectivity index (χ2v) is 9.51. The summed E-state index contributed by atoms with van der Waals surface area (Å²) in [6.45, 7) is 6.41. The average Bonchev–Trinajstić information content (AvgIpc) is 2.75. The van der Waals surface area contributed by atoms with Gasteiger partial charge in [0.25, 0.3) is 15.9 Å². The number of ether oxygens (including phenoxy) is 1. The van der Waals surface area contributed by atoms with E-state index in [4.69, 9.17) is 16.3 Å². The zero-order chi connectivity index (χ0) is 23.3. The Morgan fingerprint density at radius 1 is 1.00 bits per heavy atom. The number of halogens is 1. The summed E-state index contributed by atoms with van der Waals surface area (Å²) in [5.74, 6) is 0.348. The molecule has 0 spiro atoms. The van der Waals surface area contributed by atoms with E-state index < -0.39 is 15.9 Å². The minimum absolute atomic E-state index is 0.132. The molecule has 0 saturated carbocycles. The van der Waals surface area contributed by atoms with E-state index in [-0.39, 0.29) is 34.3 Å². The van der Waals surface area contributed by atoms with Crippen molar-refractivity contribution >= 4 is 33.2 Å². The van der Waals surface area contributed by atoms with Gasteiger partial charge in [0.05, 0.1) is 22.0 Å². The van der Waals surface area contributed by atoms with Crippen LogP contribution in [0.4, 0.5) is 5.69 Å². The van der Waals surface area contributed by atoms with Crippen LogP contribution in [0.15, 0.2) is 65.6 Å². The molecule has 0 heterocycles. The Hall–Kier alpha value is -3.03. The molecule has 0 radical (unpaired) electrons. The second-order valence-electron chi connectivity index (χ2n) is 7.42. The molecule has 168 valence electrons. The molecular formula is C24H25ClN2O4S. The van der Waals surface area contributed by atoms with Gasteiger partial charge in [0.15, 0.2) is 0 Å². The Labute approximate surface area is 193 Å². The Kier molecular flexibility index (Phi) is 7.43. The molecule has 32 heavy (non-hydrogen) atoms. The fourth-order valence-electron chi connectivity index (χ4n) is 3.00. The maximum atomic E-state index is 12.6. The summed E-state index contributed by atoms with van der Waals surface area (Å²) in [5.41, 5.74) is 3.55. The van der Waals surface area contributed by atoms with Crippen molar-refractivity contribution in [1.29, 1.82) is 0 Å². The normalized spacial score (nSPS) is 11.1. The highest BCUT2D eigenvalue weighted by atomic mass is 35.5. The Bertz CT molecular complexity index is 1230. The summed E-state index contributed by atoms with van der Waals surface area (Å²) in [6, 6.07) is 16.7. The largest absolute Gasteiger partial charge is 0.491 e. The molecule has 0 aliphatic rings. The summed E-state index contributed by atoms with van der Waals surface area (Å²) in [7, 11) is -3.79. The highest BCUT2D eigenvalue weighted by molar-refractivity contribution is 7.92. The van der Waals surface area contributed by atoms with Crippen LogP contribution in [0.1, 0.15) is 27.0 Å². The third-order valence-corrected chi connectivity index (χ3v) is 6.72. The van der Waals surface area contributed by atoms with Crippen molar-refractivity contribution in [1.82, 2.24) is 5.32 Å². The number of aryl methyl sites for hydroxylation is 2. The standard InChI is InChI=1S/C24H25ClN2O4S/c1-16-7-10-20(11-8-16)32(29,30)27-19-9-12-22(25)21(15-19)24(28)26-13-14-31-23-6-4-5-17(2)18(23)3/h4-12,15,27H,13-14H2,1-3H3,(H,26,28). The molecule has 8 heteroatoms. The van der Waals surface area contributed by atoms with Crippen molar-refractivity contribution < 1.29 is 17.9 Å². The number of hydrogen-bond acceptors (Lipinski definition) is 4. The van der Waals surface area contributed by atoms with E-state index in [2.05, 4.69) is 10.0 Å². The van der Waals surface area contributed by atoms with Gasteiger partial charge in [0.2, 0.25) is 0 Å². The highest BCUT2D eigenvalue weighted by Crippen LogP contribution is 2.23. The van der Waals surface area contributed by atoms with Crippen molar-refractivity contribution in [3.8, 4) is 5.75 Å². The van der Waals surface area contributed by atoms with Gasteiger partial charge in [-0.1, -0.05) is 41.4 Å². The van der Waals surface area contributed by atoms with Crippen LogP contribution < -0.4 is 14.8 Å². The number of nitrogens with one attached hydrogen (secondary N) is 2. The van der Waals surface area contributed by atoms with Crippen LogP contribution in [0.5, 0.6) is 5.75 Å². The smallest absolute Gasteiger partial charge is 0.261 e. The summed E-state index contributed by atoms with van der Waals surface area (Å²) in [5, 5.41) is 2.97. The van der Waals surface area contributed by atoms with Crippen molar-refractivity contribution in [3.63, 3.8) is 0 Å². The van der Waals surface area contributed by atoms with Crippen LogP contribution in [-0.2, 0) is 10.0 Å². The lowest BCUT2D eigenvalue weighted by Gasteiger charge is -2.13. The fourth-order valence-corrected chi connectivity index (χ4v) is 4.25. The number of hydrogen-bond donors (Lipinski definition) is 2. The van der Waals surface area contributed by atoms with E-state index in [1.54, 1.807) is 12.1 Å². The van der Waals surface area contributed by atoms with Crippen LogP contribution in [0.3, 0.4) is 0 Å². The lowest BCUT2D eigenvalue weighted by atomic mass is 10.1. The van der Waals surface area contributed by atoms with E-state index in [0.717, 1.165) is 22.4 Å². The van der Waals surface area contributed by atoms with Gasteiger partial charge >= 0.3 is 0 Å². The number of anilines is 1. The molecule has 3 aromatic rings. The molecule has 2 N–H and O–H groups in total. The molecule has 0 atom stereocenters. The van der Waals surface area contributed by atoms with Gasteiger partial charge in [0.1, 0.15) is 12.4 Å². The van der Waals surface area contributed by atoms with Gasteiger partial charge in [-0.2, -0.15) is 0 Å². The number of amides is 1. The van der Waals surface area contributed by atoms with Gasteiger partial charge in [-0.3, -0.25) is 9.52 Å². The van der Waals surface area contributed by atoms with Crippen LogP contribution in [0.25, 0.3) is 0 Å². The fraction of sp³-hybridized carbons (Fsp3) is 0.208. The first-order valence-corrected chi connectivity index (χ1v) is 11.9. The van der Waals surface area contributed by atoms with Gasteiger partial charge in [-0.15, -0.1) is 0 Å². The third-order valence-electron chi connectivity index (χ3n) is 4.99. The molecular weight excluding hydrogens is 448 g/mol. The zero-order valence-corrected chi connectivity index (χ0v) is 19.7. The van der Waals surface area contributed by atoms with E-state index in [0.29, 0.717) is 0 Å². The topological polar surface area (TPSA) is 84.5 Å². The maximum absolute atomic E-state index is 12.6. The number of carbonyl (C=O) groups is 1. The Morgan fingerprint density at radius 3 is 2.44 bits per heavy atom. The first kappa shape index (κ1) is 23.6. The first-order chi connectivity index (χ1) is 15.2. The molecule has 0 aliphatic carbocycles.